The summed E-state index contributed by atoms with van der Waals surface area (Å²) in [5.41, 5.74) is 1.18. The summed E-state index contributed by atoms with van der Waals surface area (Å²) < 4.78 is 10.2. The maximum absolute atomic E-state index is 12.2. The van der Waals surface area contributed by atoms with Gasteiger partial charge in [0.25, 0.3) is 6.01 Å². The lowest BCUT2D eigenvalue weighted by Gasteiger charge is -2.30. The number of nitrogens with zero attached hydrogens (tertiary/aromatic N) is 3. The van der Waals surface area contributed by atoms with E-state index >= 15 is 0 Å². The van der Waals surface area contributed by atoms with Gasteiger partial charge in [-0.05, 0) is 25.0 Å². The number of ether oxygens (including phenoxy) is 1. The SMILES string of the molecule is COC(=O)CNC(=O)C1CCCN(c2nc3ncccc3o2)C1. The number of amides is 1. The van der Waals surface area contributed by atoms with Gasteiger partial charge < -0.3 is 19.4 Å². The van der Waals surface area contributed by atoms with Gasteiger partial charge in [-0.25, -0.2) is 4.98 Å². The van der Waals surface area contributed by atoms with Crippen LogP contribution in [0.25, 0.3) is 11.2 Å². The Labute approximate surface area is 132 Å². The molecule has 8 heteroatoms. The van der Waals surface area contributed by atoms with Gasteiger partial charge in [0.1, 0.15) is 6.54 Å². The molecule has 3 heterocycles. The molecule has 1 aliphatic rings. The number of hydrogen-bond acceptors (Lipinski definition) is 7. The summed E-state index contributed by atoms with van der Waals surface area (Å²) in [6.07, 6.45) is 3.28. The predicted molar refractivity (Wildman–Crippen MR) is 81.8 cm³/mol. The van der Waals surface area contributed by atoms with Crippen molar-refractivity contribution < 1.29 is 18.7 Å². The van der Waals surface area contributed by atoms with Gasteiger partial charge in [-0.3, -0.25) is 9.59 Å². The summed E-state index contributed by atoms with van der Waals surface area (Å²) in [6.45, 7) is 1.16. The van der Waals surface area contributed by atoms with E-state index in [0.717, 1.165) is 19.4 Å². The molecule has 0 spiro atoms. The number of nitrogens with one attached hydrogen (secondary N) is 1. The summed E-state index contributed by atoms with van der Waals surface area (Å²) in [4.78, 5) is 33.7. The molecule has 0 bridgehead atoms. The van der Waals surface area contributed by atoms with E-state index in [1.165, 1.54) is 7.11 Å². The van der Waals surface area contributed by atoms with Gasteiger partial charge in [0.05, 0.1) is 13.0 Å². The van der Waals surface area contributed by atoms with Gasteiger partial charge >= 0.3 is 5.97 Å². The number of methoxy groups -OCH3 is 1. The monoisotopic (exact) mass is 318 g/mol. The van der Waals surface area contributed by atoms with Crippen molar-refractivity contribution in [1.82, 2.24) is 15.3 Å². The third kappa shape index (κ3) is 3.41. The lowest BCUT2D eigenvalue weighted by Crippen LogP contribution is -2.44. The minimum absolute atomic E-state index is 0.112. The van der Waals surface area contributed by atoms with E-state index in [-0.39, 0.29) is 18.4 Å². The Morgan fingerprint density at radius 1 is 1.52 bits per heavy atom. The summed E-state index contributed by atoms with van der Waals surface area (Å²) in [5.74, 6) is -0.832. The van der Waals surface area contributed by atoms with Gasteiger partial charge in [-0.15, -0.1) is 0 Å². The number of piperidine rings is 1. The summed E-state index contributed by atoms with van der Waals surface area (Å²) in [7, 11) is 1.29. The highest BCUT2D eigenvalue weighted by Crippen LogP contribution is 2.25. The number of oxazole rings is 1. The quantitative estimate of drug-likeness (QED) is 0.830. The second kappa shape index (κ2) is 6.64. The van der Waals surface area contributed by atoms with Crippen molar-refractivity contribution in [2.75, 3.05) is 31.6 Å². The number of carbonyl (C=O) groups is 2. The number of aromatic nitrogens is 2. The fraction of sp³-hybridized carbons (Fsp3) is 0.467. The zero-order chi connectivity index (χ0) is 16.2. The van der Waals surface area contributed by atoms with E-state index in [9.17, 15) is 9.59 Å². The Hall–Kier alpha value is -2.64. The van der Waals surface area contributed by atoms with E-state index in [0.29, 0.717) is 23.8 Å². The van der Waals surface area contributed by atoms with E-state index in [1.807, 2.05) is 11.0 Å². The van der Waals surface area contributed by atoms with E-state index in [2.05, 4.69) is 20.0 Å². The van der Waals surface area contributed by atoms with Crippen molar-refractivity contribution in [2.45, 2.75) is 12.8 Å². The number of anilines is 1. The molecule has 122 valence electrons. The van der Waals surface area contributed by atoms with E-state index in [1.54, 1.807) is 12.3 Å². The first-order valence-electron chi connectivity index (χ1n) is 7.48. The van der Waals surface area contributed by atoms with Crippen molar-refractivity contribution in [1.29, 1.82) is 0 Å². The van der Waals surface area contributed by atoms with Crippen LogP contribution in [0.4, 0.5) is 6.01 Å². The lowest BCUT2D eigenvalue weighted by atomic mass is 9.97. The first-order valence-corrected chi connectivity index (χ1v) is 7.48. The predicted octanol–water partition coefficient (Wildman–Crippen LogP) is 0.728. The molecule has 2 aromatic heterocycles. The molecule has 3 rings (SSSR count). The standard InChI is InChI=1S/C15H18N4O4/c1-22-12(20)8-17-14(21)10-4-3-7-19(9-10)15-18-13-11(23-15)5-2-6-16-13/h2,5-6,10H,3-4,7-9H2,1H3,(H,17,21). The summed E-state index contributed by atoms with van der Waals surface area (Å²) in [5, 5.41) is 2.60. The number of carbonyl (C=O) groups excluding carboxylic acids is 2. The zero-order valence-electron chi connectivity index (χ0n) is 12.8. The highest BCUT2D eigenvalue weighted by molar-refractivity contribution is 5.84. The first kappa shape index (κ1) is 15.3. The molecule has 1 fully saturated rings. The van der Waals surface area contributed by atoms with Gasteiger partial charge in [0.2, 0.25) is 11.6 Å². The first-order chi connectivity index (χ1) is 11.2. The third-order valence-corrected chi connectivity index (χ3v) is 3.85. The minimum Gasteiger partial charge on any atom is -0.468 e. The van der Waals surface area contributed by atoms with Crippen LogP contribution >= 0.6 is 0 Å². The summed E-state index contributed by atoms with van der Waals surface area (Å²) >= 11 is 0. The van der Waals surface area contributed by atoms with Crippen LogP contribution in [0.5, 0.6) is 0 Å². The highest BCUT2D eigenvalue weighted by atomic mass is 16.5. The van der Waals surface area contributed by atoms with Crippen LogP contribution in [0.3, 0.4) is 0 Å². The molecule has 1 saturated heterocycles. The topological polar surface area (TPSA) is 97.6 Å². The molecule has 1 aliphatic heterocycles. The van der Waals surface area contributed by atoms with Crippen LogP contribution in [0, 0.1) is 5.92 Å². The molecule has 23 heavy (non-hydrogen) atoms. The fourth-order valence-corrected chi connectivity index (χ4v) is 2.63. The van der Waals surface area contributed by atoms with Gasteiger partial charge in [0.15, 0.2) is 5.58 Å². The molecule has 2 aromatic rings. The Kier molecular flexibility index (Phi) is 4.40. The van der Waals surface area contributed by atoms with Crippen LogP contribution in [-0.4, -0.2) is 48.6 Å². The summed E-state index contributed by atoms with van der Waals surface area (Å²) in [6, 6.07) is 4.07. The molecule has 0 aliphatic carbocycles. The molecule has 1 unspecified atom stereocenters. The Balaban J connectivity index is 1.65. The number of pyridine rings is 1. The average Bonchev–Trinajstić information content (AvgIpc) is 3.03. The van der Waals surface area contributed by atoms with E-state index < -0.39 is 5.97 Å². The Morgan fingerprint density at radius 3 is 3.17 bits per heavy atom. The molecular formula is C15H18N4O4. The van der Waals surface area contributed by atoms with Crippen molar-refractivity contribution in [2.24, 2.45) is 5.92 Å². The van der Waals surface area contributed by atoms with Gasteiger partial charge in [-0.2, -0.15) is 4.98 Å². The van der Waals surface area contributed by atoms with Crippen LogP contribution in [0.2, 0.25) is 0 Å². The third-order valence-electron chi connectivity index (χ3n) is 3.85. The molecule has 1 N–H and O–H groups in total. The number of esters is 1. The van der Waals surface area contributed by atoms with Crippen molar-refractivity contribution in [3.05, 3.63) is 18.3 Å². The zero-order valence-corrected chi connectivity index (χ0v) is 12.8. The number of rotatable bonds is 4. The maximum Gasteiger partial charge on any atom is 0.325 e. The van der Waals surface area contributed by atoms with Crippen molar-refractivity contribution in [3.8, 4) is 0 Å². The largest absolute Gasteiger partial charge is 0.468 e. The number of fused-ring (bicyclic) bond motifs is 1. The molecule has 0 saturated carbocycles. The van der Waals surface area contributed by atoms with Crippen LogP contribution < -0.4 is 10.2 Å². The lowest BCUT2D eigenvalue weighted by molar-refractivity contribution is -0.141. The average molecular weight is 318 g/mol. The number of hydrogen-bond donors (Lipinski definition) is 1. The molecular weight excluding hydrogens is 300 g/mol. The van der Waals surface area contributed by atoms with Crippen molar-refractivity contribution >= 4 is 29.1 Å². The minimum atomic E-state index is -0.462. The maximum atomic E-state index is 12.2. The second-order valence-electron chi connectivity index (χ2n) is 5.40. The molecule has 1 amide bonds. The molecule has 8 nitrogen and oxygen atoms in total. The van der Waals surface area contributed by atoms with Crippen LogP contribution in [0.1, 0.15) is 12.8 Å². The Morgan fingerprint density at radius 2 is 2.39 bits per heavy atom. The Bertz CT molecular complexity index is 681. The molecule has 0 aromatic carbocycles. The van der Waals surface area contributed by atoms with Crippen LogP contribution in [0.15, 0.2) is 22.7 Å². The van der Waals surface area contributed by atoms with Gasteiger partial charge in [-0.1, -0.05) is 0 Å². The fourth-order valence-electron chi connectivity index (χ4n) is 2.63. The van der Waals surface area contributed by atoms with E-state index in [4.69, 9.17) is 4.42 Å². The van der Waals surface area contributed by atoms with Gasteiger partial charge in [0, 0.05) is 19.3 Å². The normalized spacial score (nSPS) is 18.0. The van der Waals surface area contributed by atoms with Crippen molar-refractivity contribution in [3.63, 3.8) is 0 Å². The van der Waals surface area contributed by atoms with Crippen LogP contribution in [-0.2, 0) is 14.3 Å². The smallest absolute Gasteiger partial charge is 0.325 e. The molecule has 1 atom stereocenters. The second-order valence-corrected chi connectivity index (χ2v) is 5.40. The highest BCUT2D eigenvalue weighted by Gasteiger charge is 2.28. The molecule has 0 radical (unpaired) electrons.